The van der Waals surface area contributed by atoms with Crippen LogP contribution in [0.2, 0.25) is 0 Å². The SMILES string of the molecule is CC(NC(=O)NCc1ncc2c(n1)CCOC2)c1nc(-c2cccc(F)c2)no1. The van der Waals surface area contributed by atoms with Gasteiger partial charge in [0.15, 0.2) is 0 Å². The van der Waals surface area contributed by atoms with Crippen LogP contribution >= 0.6 is 0 Å². The number of urea groups is 1. The zero-order valence-electron chi connectivity index (χ0n) is 15.7. The van der Waals surface area contributed by atoms with Crippen LogP contribution in [0, 0.1) is 5.82 Å². The van der Waals surface area contributed by atoms with Crippen molar-refractivity contribution in [1.29, 1.82) is 0 Å². The minimum Gasteiger partial charge on any atom is -0.376 e. The standard InChI is InChI=1S/C19H19FN6O3/c1-11(18-25-17(26-29-18)12-3-2-4-14(20)7-12)23-19(27)22-9-16-21-8-13-10-28-6-5-15(13)24-16/h2-4,7-8,11H,5-6,9-10H2,1H3,(H2,22,23,27). The van der Waals surface area contributed by atoms with E-state index >= 15 is 0 Å². The second-order valence-corrected chi connectivity index (χ2v) is 6.58. The average Bonchev–Trinajstić information content (AvgIpc) is 3.23. The minimum absolute atomic E-state index is 0.186. The number of benzene rings is 1. The van der Waals surface area contributed by atoms with Crippen LogP contribution < -0.4 is 10.6 Å². The number of ether oxygens (including phenoxy) is 1. The summed E-state index contributed by atoms with van der Waals surface area (Å²) in [6, 6.07) is 4.92. The van der Waals surface area contributed by atoms with Gasteiger partial charge in [0.25, 0.3) is 0 Å². The van der Waals surface area contributed by atoms with Crippen LogP contribution in [0.25, 0.3) is 11.4 Å². The Bertz CT molecular complexity index is 1020. The number of hydrogen-bond acceptors (Lipinski definition) is 7. The Morgan fingerprint density at radius 1 is 1.34 bits per heavy atom. The smallest absolute Gasteiger partial charge is 0.315 e. The Hall–Kier alpha value is -3.40. The van der Waals surface area contributed by atoms with Crippen molar-refractivity contribution >= 4 is 6.03 Å². The highest BCUT2D eigenvalue weighted by Gasteiger charge is 2.18. The molecular formula is C19H19FN6O3. The predicted octanol–water partition coefficient (Wildman–Crippen LogP) is 2.30. The summed E-state index contributed by atoms with van der Waals surface area (Å²) in [7, 11) is 0. The van der Waals surface area contributed by atoms with Crippen LogP contribution in [-0.2, 0) is 24.3 Å². The molecule has 1 aromatic carbocycles. The summed E-state index contributed by atoms with van der Waals surface area (Å²) in [5.74, 6) is 0.598. The molecule has 2 amide bonds. The van der Waals surface area contributed by atoms with E-state index in [4.69, 9.17) is 9.26 Å². The second kappa shape index (κ2) is 8.31. The summed E-state index contributed by atoms with van der Waals surface area (Å²) in [6.07, 6.45) is 2.46. The van der Waals surface area contributed by atoms with Gasteiger partial charge in [0.05, 0.1) is 25.5 Å². The summed E-state index contributed by atoms with van der Waals surface area (Å²) in [5, 5.41) is 9.25. The van der Waals surface area contributed by atoms with Gasteiger partial charge in [-0.15, -0.1) is 0 Å². The number of hydrogen-bond donors (Lipinski definition) is 2. The van der Waals surface area contributed by atoms with Gasteiger partial charge in [-0.05, 0) is 19.1 Å². The van der Waals surface area contributed by atoms with Gasteiger partial charge in [0.1, 0.15) is 17.7 Å². The monoisotopic (exact) mass is 398 g/mol. The largest absolute Gasteiger partial charge is 0.376 e. The number of aromatic nitrogens is 4. The molecule has 0 bridgehead atoms. The number of amides is 2. The molecule has 150 valence electrons. The summed E-state index contributed by atoms with van der Waals surface area (Å²) in [5.41, 5.74) is 2.42. The van der Waals surface area contributed by atoms with Crippen molar-refractivity contribution in [1.82, 2.24) is 30.7 Å². The molecular weight excluding hydrogens is 379 g/mol. The lowest BCUT2D eigenvalue weighted by atomic mass is 10.1. The molecule has 1 aliphatic rings. The Morgan fingerprint density at radius 2 is 2.24 bits per heavy atom. The molecule has 2 N–H and O–H groups in total. The van der Waals surface area contributed by atoms with Gasteiger partial charge in [-0.1, -0.05) is 17.3 Å². The molecule has 0 saturated heterocycles. The van der Waals surface area contributed by atoms with Crippen LogP contribution in [-0.4, -0.2) is 32.7 Å². The molecule has 0 radical (unpaired) electrons. The number of rotatable bonds is 5. The van der Waals surface area contributed by atoms with Crippen molar-refractivity contribution in [2.45, 2.75) is 32.5 Å². The van der Waals surface area contributed by atoms with Crippen LogP contribution in [0.1, 0.15) is 35.9 Å². The number of fused-ring (bicyclic) bond motifs is 1. The highest BCUT2D eigenvalue weighted by Crippen LogP contribution is 2.19. The highest BCUT2D eigenvalue weighted by molar-refractivity contribution is 5.74. The van der Waals surface area contributed by atoms with Crippen molar-refractivity contribution in [3.63, 3.8) is 0 Å². The number of carbonyl (C=O) groups excluding carboxylic acids is 1. The van der Waals surface area contributed by atoms with E-state index in [0.717, 1.165) is 17.7 Å². The average molecular weight is 398 g/mol. The quantitative estimate of drug-likeness (QED) is 0.678. The fraction of sp³-hybridized carbons (Fsp3) is 0.316. The Kier molecular flexibility index (Phi) is 5.43. The molecule has 3 heterocycles. The fourth-order valence-electron chi connectivity index (χ4n) is 2.88. The van der Waals surface area contributed by atoms with Gasteiger partial charge in [0.2, 0.25) is 11.7 Å². The summed E-state index contributed by atoms with van der Waals surface area (Å²) in [6.45, 7) is 3.04. The maximum Gasteiger partial charge on any atom is 0.315 e. The Balaban J connectivity index is 1.33. The molecule has 3 aromatic rings. The third-order valence-electron chi connectivity index (χ3n) is 4.39. The molecule has 0 spiro atoms. The minimum atomic E-state index is -0.536. The molecule has 0 saturated carbocycles. The molecule has 29 heavy (non-hydrogen) atoms. The molecule has 4 rings (SSSR count). The lowest BCUT2D eigenvalue weighted by Gasteiger charge is -2.16. The topological polar surface area (TPSA) is 115 Å². The molecule has 9 nitrogen and oxygen atoms in total. The number of carbonyl (C=O) groups is 1. The summed E-state index contributed by atoms with van der Waals surface area (Å²) in [4.78, 5) is 25.1. The van der Waals surface area contributed by atoms with Crippen LogP contribution in [0.3, 0.4) is 0 Å². The van der Waals surface area contributed by atoms with Crippen LogP contribution in [0.4, 0.5) is 9.18 Å². The van der Waals surface area contributed by atoms with E-state index in [9.17, 15) is 9.18 Å². The van der Waals surface area contributed by atoms with E-state index in [2.05, 4.69) is 30.7 Å². The molecule has 1 atom stereocenters. The van der Waals surface area contributed by atoms with Gasteiger partial charge in [-0.2, -0.15) is 4.98 Å². The maximum absolute atomic E-state index is 13.3. The predicted molar refractivity (Wildman–Crippen MR) is 98.9 cm³/mol. The van der Waals surface area contributed by atoms with E-state index in [1.165, 1.54) is 12.1 Å². The van der Waals surface area contributed by atoms with E-state index < -0.39 is 17.9 Å². The summed E-state index contributed by atoms with van der Waals surface area (Å²) >= 11 is 0. The number of nitrogens with zero attached hydrogens (tertiary/aromatic N) is 4. The third kappa shape index (κ3) is 4.54. The van der Waals surface area contributed by atoms with Crippen LogP contribution in [0.5, 0.6) is 0 Å². The van der Waals surface area contributed by atoms with E-state index in [-0.39, 0.29) is 18.3 Å². The number of halogens is 1. The first-order chi connectivity index (χ1) is 14.1. The number of nitrogens with one attached hydrogen (secondary N) is 2. The first kappa shape index (κ1) is 18.9. The zero-order valence-corrected chi connectivity index (χ0v) is 15.7. The van der Waals surface area contributed by atoms with Crippen molar-refractivity contribution in [2.24, 2.45) is 0 Å². The van der Waals surface area contributed by atoms with E-state index in [1.807, 2.05) is 0 Å². The molecule has 1 unspecified atom stereocenters. The van der Waals surface area contributed by atoms with E-state index in [0.29, 0.717) is 24.6 Å². The van der Waals surface area contributed by atoms with Gasteiger partial charge >= 0.3 is 6.03 Å². The summed E-state index contributed by atoms with van der Waals surface area (Å²) < 4.78 is 23.9. The van der Waals surface area contributed by atoms with Crippen molar-refractivity contribution in [3.05, 3.63) is 59.3 Å². The van der Waals surface area contributed by atoms with Gasteiger partial charge in [0, 0.05) is 23.7 Å². The lowest BCUT2D eigenvalue weighted by Crippen LogP contribution is -2.37. The Morgan fingerprint density at radius 3 is 3.10 bits per heavy atom. The van der Waals surface area contributed by atoms with Crippen LogP contribution in [0.15, 0.2) is 35.0 Å². The molecule has 10 heteroatoms. The Labute approximate surface area is 165 Å². The maximum atomic E-state index is 13.3. The van der Waals surface area contributed by atoms with Crippen molar-refractivity contribution in [2.75, 3.05) is 6.61 Å². The molecule has 2 aromatic heterocycles. The zero-order chi connectivity index (χ0) is 20.2. The van der Waals surface area contributed by atoms with Crippen molar-refractivity contribution < 1.29 is 18.4 Å². The van der Waals surface area contributed by atoms with Gasteiger partial charge in [-0.3, -0.25) is 0 Å². The van der Waals surface area contributed by atoms with Gasteiger partial charge in [-0.25, -0.2) is 19.2 Å². The first-order valence-corrected chi connectivity index (χ1v) is 9.14. The van der Waals surface area contributed by atoms with E-state index in [1.54, 1.807) is 25.3 Å². The highest BCUT2D eigenvalue weighted by atomic mass is 19.1. The fourth-order valence-corrected chi connectivity index (χ4v) is 2.88. The first-order valence-electron chi connectivity index (χ1n) is 9.14. The van der Waals surface area contributed by atoms with Gasteiger partial charge < -0.3 is 19.9 Å². The second-order valence-electron chi connectivity index (χ2n) is 6.58. The molecule has 1 aliphatic heterocycles. The molecule has 0 fully saturated rings. The molecule has 0 aliphatic carbocycles. The third-order valence-corrected chi connectivity index (χ3v) is 4.39. The lowest BCUT2D eigenvalue weighted by molar-refractivity contribution is 0.108. The van der Waals surface area contributed by atoms with Crippen molar-refractivity contribution in [3.8, 4) is 11.4 Å². The normalized spacial score (nSPS) is 14.1.